The van der Waals surface area contributed by atoms with Gasteiger partial charge in [0, 0.05) is 31.7 Å². The Morgan fingerprint density at radius 2 is 2.00 bits per heavy atom. The average molecular weight is 288 g/mol. The molecular formula is C17H24N2O2. The lowest BCUT2D eigenvalue weighted by atomic mass is 10.0. The molecule has 2 heterocycles. The van der Waals surface area contributed by atoms with E-state index >= 15 is 0 Å². The van der Waals surface area contributed by atoms with Crippen molar-refractivity contribution in [2.75, 3.05) is 26.7 Å². The maximum absolute atomic E-state index is 11.5. The van der Waals surface area contributed by atoms with Crippen LogP contribution in [0, 0.1) is 0 Å². The van der Waals surface area contributed by atoms with Gasteiger partial charge in [-0.05, 0) is 44.0 Å². The standard InChI is InChI=1S/C17H24N2O2/c1-13-16-4-3-9-18(16)10-11-19(13)12-14-5-7-15(8-6-14)17(20)21-2/h5-8,13,16H,3-4,9-12H2,1-2H3/t13-,16+/m1/s1. The lowest BCUT2D eigenvalue weighted by molar-refractivity contribution is 0.0470. The third-order valence-corrected chi connectivity index (χ3v) is 4.98. The Hall–Kier alpha value is -1.39. The topological polar surface area (TPSA) is 32.8 Å². The number of ether oxygens (including phenoxy) is 1. The van der Waals surface area contributed by atoms with Crippen LogP contribution in [0.25, 0.3) is 0 Å². The Morgan fingerprint density at radius 1 is 1.24 bits per heavy atom. The number of hydrogen-bond acceptors (Lipinski definition) is 4. The number of benzene rings is 1. The van der Waals surface area contributed by atoms with Crippen molar-refractivity contribution < 1.29 is 9.53 Å². The van der Waals surface area contributed by atoms with Crippen LogP contribution in [0.1, 0.15) is 35.7 Å². The van der Waals surface area contributed by atoms with E-state index in [1.807, 2.05) is 24.3 Å². The van der Waals surface area contributed by atoms with Crippen molar-refractivity contribution in [2.24, 2.45) is 0 Å². The second-order valence-corrected chi connectivity index (χ2v) is 6.15. The van der Waals surface area contributed by atoms with Gasteiger partial charge in [-0.1, -0.05) is 12.1 Å². The monoisotopic (exact) mass is 288 g/mol. The first kappa shape index (κ1) is 14.5. The van der Waals surface area contributed by atoms with Gasteiger partial charge in [-0.3, -0.25) is 9.80 Å². The van der Waals surface area contributed by atoms with Crippen molar-refractivity contribution in [1.29, 1.82) is 0 Å². The summed E-state index contributed by atoms with van der Waals surface area (Å²) in [7, 11) is 1.42. The molecule has 2 aliphatic heterocycles. The molecule has 4 nitrogen and oxygen atoms in total. The predicted octanol–water partition coefficient (Wildman–Crippen LogP) is 2.14. The van der Waals surface area contributed by atoms with Crippen LogP contribution >= 0.6 is 0 Å². The van der Waals surface area contributed by atoms with Gasteiger partial charge in [0.15, 0.2) is 0 Å². The van der Waals surface area contributed by atoms with Gasteiger partial charge in [0.1, 0.15) is 0 Å². The molecule has 1 aromatic rings. The van der Waals surface area contributed by atoms with Crippen molar-refractivity contribution in [3.05, 3.63) is 35.4 Å². The number of rotatable bonds is 3. The lowest BCUT2D eigenvalue weighted by Crippen LogP contribution is -2.55. The minimum Gasteiger partial charge on any atom is -0.465 e. The summed E-state index contributed by atoms with van der Waals surface area (Å²) in [5.74, 6) is -0.269. The van der Waals surface area contributed by atoms with Gasteiger partial charge in [-0.25, -0.2) is 4.79 Å². The van der Waals surface area contributed by atoms with Gasteiger partial charge in [-0.15, -0.1) is 0 Å². The summed E-state index contributed by atoms with van der Waals surface area (Å²) in [6.07, 6.45) is 2.68. The molecule has 0 spiro atoms. The van der Waals surface area contributed by atoms with Gasteiger partial charge in [0.2, 0.25) is 0 Å². The van der Waals surface area contributed by atoms with Crippen LogP contribution in [-0.2, 0) is 11.3 Å². The van der Waals surface area contributed by atoms with E-state index in [1.165, 1.54) is 38.6 Å². The molecule has 0 radical (unpaired) electrons. The van der Waals surface area contributed by atoms with Crippen LogP contribution in [0.3, 0.4) is 0 Å². The molecule has 3 rings (SSSR count). The highest BCUT2D eigenvalue weighted by Gasteiger charge is 2.36. The smallest absolute Gasteiger partial charge is 0.337 e. The molecule has 0 bridgehead atoms. The molecule has 2 fully saturated rings. The summed E-state index contributed by atoms with van der Waals surface area (Å²) in [4.78, 5) is 16.7. The van der Waals surface area contributed by atoms with E-state index in [1.54, 1.807) is 0 Å². The predicted molar refractivity (Wildman–Crippen MR) is 82.2 cm³/mol. The minimum absolute atomic E-state index is 0.269. The minimum atomic E-state index is -0.269. The fourth-order valence-corrected chi connectivity index (χ4v) is 3.70. The van der Waals surface area contributed by atoms with Crippen LogP contribution in [-0.4, -0.2) is 54.6 Å². The highest BCUT2D eigenvalue weighted by atomic mass is 16.5. The molecule has 4 heteroatoms. The van der Waals surface area contributed by atoms with E-state index in [-0.39, 0.29) is 5.97 Å². The van der Waals surface area contributed by atoms with Crippen molar-refractivity contribution in [1.82, 2.24) is 9.80 Å². The SMILES string of the molecule is COC(=O)c1ccc(CN2CCN3CCC[C@H]3[C@H]2C)cc1. The lowest BCUT2D eigenvalue weighted by Gasteiger charge is -2.43. The van der Waals surface area contributed by atoms with Gasteiger partial charge in [0.25, 0.3) is 0 Å². The van der Waals surface area contributed by atoms with Gasteiger partial charge in [0.05, 0.1) is 12.7 Å². The molecule has 21 heavy (non-hydrogen) atoms. The van der Waals surface area contributed by atoms with Crippen LogP contribution in [0.15, 0.2) is 24.3 Å². The van der Waals surface area contributed by atoms with E-state index in [0.29, 0.717) is 11.6 Å². The molecule has 114 valence electrons. The molecule has 2 atom stereocenters. The normalized spacial score (nSPS) is 26.6. The number of esters is 1. The molecular weight excluding hydrogens is 264 g/mol. The van der Waals surface area contributed by atoms with Crippen LogP contribution in [0.5, 0.6) is 0 Å². The zero-order valence-corrected chi connectivity index (χ0v) is 12.9. The fraction of sp³-hybridized carbons (Fsp3) is 0.588. The summed E-state index contributed by atoms with van der Waals surface area (Å²) >= 11 is 0. The van der Waals surface area contributed by atoms with Crippen LogP contribution in [0.2, 0.25) is 0 Å². The molecule has 0 amide bonds. The summed E-state index contributed by atoms with van der Waals surface area (Å²) < 4.78 is 4.74. The number of fused-ring (bicyclic) bond motifs is 1. The third kappa shape index (κ3) is 2.97. The number of methoxy groups -OCH3 is 1. The molecule has 1 aromatic carbocycles. The molecule has 0 aromatic heterocycles. The summed E-state index contributed by atoms with van der Waals surface area (Å²) in [6.45, 7) is 6.92. The number of nitrogens with zero attached hydrogens (tertiary/aromatic N) is 2. The van der Waals surface area contributed by atoms with E-state index in [0.717, 1.165) is 19.1 Å². The van der Waals surface area contributed by atoms with E-state index in [2.05, 4.69) is 16.7 Å². The molecule has 2 aliphatic rings. The zero-order chi connectivity index (χ0) is 14.8. The molecule has 0 N–H and O–H groups in total. The summed E-state index contributed by atoms with van der Waals surface area (Å²) in [5, 5.41) is 0. The number of hydrogen-bond donors (Lipinski definition) is 0. The Morgan fingerprint density at radius 3 is 2.71 bits per heavy atom. The molecule has 2 saturated heterocycles. The summed E-state index contributed by atoms with van der Waals surface area (Å²) in [5.41, 5.74) is 1.89. The highest BCUT2D eigenvalue weighted by Crippen LogP contribution is 2.27. The molecule has 0 unspecified atom stereocenters. The maximum atomic E-state index is 11.5. The van der Waals surface area contributed by atoms with Crippen molar-refractivity contribution in [2.45, 2.75) is 38.4 Å². The Labute approximate surface area is 126 Å². The molecule has 0 aliphatic carbocycles. The Balaban J connectivity index is 1.65. The first-order valence-electron chi connectivity index (χ1n) is 7.84. The van der Waals surface area contributed by atoms with Crippen LogP contribution < -0.4 is 0 Å². The van der Waals surface area contributed by atoms with Gasteiger partial charge in [-0.2, -0.15) is 0 Å². The zero-order valence-electron chi connectivity index (χ0n) is 12.9. The number of piperazine rings is 1. The van der Waals surface area contributed by atoms with E-state index in [9.17, 15) is 4.79 Å². The van der Waals surface area contributed by atoms with Crippen molar-refractivity contribution in [3.8, 4) is 0 Å². The highest BCUT2D eigenvalue weighted by molar-refractivity contribution is 5.89. The van der Waals surface area contributed by atoms with Gasteiger partial charge < -0.3 is 4.74 Å². The second-order valence-electron chi connectivity index (χ2n) is 6.15. The van der Waals surface area contributed by atoms with E-state index < -0.39 is 0 Å². The fourth-order valence-electron chi connectivity index (χ4n) is 3.70. The van der Waals surface area contributed by atoms with Crippen LogP contribution in [0.4, 0.5) is 0 Å². The van der Waals surface area contributed by atoms with Crippen molar-refractivity contribution in [3.63, 3.8) is 0 Å². The van der Waals surface area contributed by atoms with Crippen molar-refractivity contribution >= 4 is 5.97 Å². The first-order valence-corrected chi connectivity index (χ1v) is 7.84. The first-order chi connectivity index (χ1) is 10.2. The largest absolute Gasteiger partial charge is 0.465 e. The van der Waals surface area contributed by atoms with Gasteiger partial charge >= 0.3 is 5.97 Å². The third-order valence-electron chi connectivity index (χ3n) is 4.98. The Kier molecular flexibility index (Phi) is 4.27. The maximum Gasteiger partial charge on any atom is 0.337 e. The summed E-state index contributed by atoms with van der Waals surface area (Å²) in [6, 6.07) is 9.14. The second kappa shape index (κ2) is 6.16. The Bertz CT molecular complexity index is 500. The number of carbonyl (C=O) groups excluding carboxylic acids is 1. The average Bonchev–Trinajstić information content (AvgIpc) is 2.99. The quantitative estimate of drug-likeness (QED) is 0.798. The molecule has 0 saturated carbocycles. The number of carbonyl (C=O) groups is 1. The van der Waals surface area contributed by atoms with E-state index in [4.69, 9.17) is 4.74 Å².